The Morgan fingerprint density at radius 2 is 1.67 bits per heavy atom. The van der Waals surface area contributed by atoms with Gasteiger partial charge in [0.05, 0.1) is 4.90 Å². The minimum absolute atomic E-state index is 0.207. The molecule has 1 heterocycles. The number of benzene rings is 2. The van der Waals surface area contributed by atoms with Gasteiger partial charge in [-0.05, 0) is 30.3 Å². The van der Waals surface area contributed by atoms with E-state index < -0.39 is 10.0 Å². The molecule has 3 rings (SSSR count). The Morgan fingerprint density at radius 1 is 1.00 bits per heavy atom. The summed E-state index contributed by atoms with van der Waals surface area (Å²) < 4.78 is 26.7. The number of hydrogen-bond donors (Lipinski definition) is 1. The van der Waals surface area contributed by atoms with Crippen molar-refractivity contribution in [2.75, 3.05) is 26.2 Å². The van der Waals surface area contributed by atoms with Crippen molar-refractivity contribution in [1.82, 2.24) is 9.21 Å². The van der Waals surface area contributed by atoms with Gasteiger partial charge >= 0.3 is 0 Å². The first-order chi connectivity index (χ1) is 11.5. The fraction of sp³-hybridized carbons (Fsp3) is 0.294. The topological polar surface area (TPSA) is 60.9 Å². The molecule has 0 aliphatic carbocycles. The van der Waals surface area contributed by atoms with Gasteiger partial charge < -0.3 is 5.11 Å². The van der Waals surface area contributed by atoms with Crippen molar-refractivity contribution in [3.63, 3.8) is 0 Å². The maximum Gasteiger partial charge on any atom is 0.243 e. The van der Waals surface area contributed by atoms with Gasteiger partial charge in [-0.25, -0.2) is 8.42 Å². The molecular weight excluding hydrogens is 348 g/mol. The summed E-state index contributed by atoms with van der Waals surface area (Å²) in [6.45, 7) is 2.62. The van der Waals surface area contributed by atoms with Crippen molar-refractivity contribution in [3.8, 4) is 5.75 Å². The average molecular weight is 367 g/mol. The smallest absolute Gasteiger partial charge is 0.243 e. The zero-order valence-corrected chi connectivity index (χ0v) is 14.7. The van der Waals surface area contributed by atoms with Crippen molar-refractivity contribution in [1.29, 1.82) is 0 Å². The lowest BCUT2D eigenvalue weighted by Gasteiger charge is -2.34. The van der Waals surface area contributed by atoms with Crippen LogP contribution >= 0.6 is 11.6 Å². The molecule has 0 bridgehead atoms. The SMILES string of the molecule is O=S(=O)(c1ccccc1)N1CCN(Cc2cc(Cl)ccc2O)CC1. The monoisotopic (exact) mass is 366 g/mol. The van der Waals surface area contributed by atoms with Crippen molar-refractivity contribution in [2.24, 2.45) is 0 Å². The van der Waals surface area contributed by atoms with E-state index in [2.05, 4.69) is 4.90 Å². The maximum absolute atomic E-state index is 12.6. The quantitative estimate of drug-likeness (QED) is 0.903. The number of phenols is 1. The van der Waals surface area contributed by atoms with E-state index in [4.69, 9.17) is 11.6 Å². The van der Waals surface area contributed by atoms with Gasteiger partial charge in [-0.15, -0.1) is 0 Å². The Bertz CT molecular complexity index is 804. The molecule has 7 heteroatoms. The molecular formula is C17H19ClN2O3S. The lowest BCUT2D eigenvalue weighted by Crippen LogP contribution is -2.48. The number of rotatable bonds is 4. The highest BCUT2D eigenvalue weighted by Gasteiger charge is 2.28. The van der Waals surface area contributed by atoms with Gasteiger partial charge in [-0.2, -0.15) is 4.31 Å². The van der Waals surface area contributed by atoms with Crippen LogP contribution in [-0.4, -0.2) is 48.9 Å². The number of hydrogen-bond acceptors (Lipinski definition) is 4. The van der Waals surface area contributed by atoms with Crippen LogP contribution in [0.15, 0.2) is 53.4 Å². The van der Waals surface area contributed by atoms with Crippen LogP contribution in [0.25, 0.3) is 0 Å². The number of phenolic OH excluding ortho intramolecular Hbond substituents is 1. The van der Waals surface area contributed by atoms with Crippen molar-refractivity contribution in [2.45, 2.75) is 11.4 Å². The minimum Gasteiger partial charge on any atom is -0.508 e. The summed E-state index contributed by atoms with van der Waals surface area (Å²) in [5.41, 5.74) is 0.752. The highest BCUT2D eigenvalue weighted by Crippen LogP contribution is 2.24. The first-order valence-electron chi connectivity index (χ1n) is 7.72. The lowest BCUT2D eigenvalue weighted by atomic mass is 10.2. The van der Waals surface area contributed by atoms with E-state index in [1.54, 1.807) is 48.5 Å². The lowest BCUT2D eigenvalue weighted by molar-refractivity contribution is 0.180. The van der Waals surface area contributed by atoms with Crippen molar-refractivity contribution in [3.05, 3.63) is 59.1 Å². The van der Waals surface area contributed by atoms with Gasteiger partial charge in [0, 0.05) is 43.3 Å². The molecule has 5 nitrogen and oxygen atoms in total. The Labute approximate surface area is 147 Å². The molecule has 0 saturated carbocycles. The zero-order chi connectivity index (χ0) is 17.2. The fourth-order valence-corrected chi connectivity index (χ4v) is 4.43. The van der Waals surface area contributed by atoms with E-state index in [0.717, 1.165) is 5.56 Å². The molecule has 0 amide bonds. The summed E-state index contributed by atoms with van der Waals surface area (Å²) in [7, 11) is -3.44. The third kappa shape index (κ3) is 3.72. The average Bonchev–Trinajstić information content (AvgIpc) is 2.59. The number of halogens is 1. The van der Waals surface area contributed by atoms with Crippen LogP contribution in [0.4, 0.5) is 0 Å². The highest BCUT2D eigenvalue weighted by atomic mass is 35.5. The second-order valence-corrected chi connectivity index (χ2v) is 8.14. The third-order valence-corrected chi connectivity index (χ3v) is 6.30. The highest BCUT2D eigenvalue weighted by molar-refractivity contribution is 7.89. The first kappa shape index (κ1) is 17.2. The molecule has 24 heavy (non-hydrogen) atoms. The first-order valence-corrected chi connectivity index (χ1v) is 9.53. The van der Waals surface area contributed by atoms with Crippen LogP contribution in [0, 0.1) is 0 Å². The van der Waals surface area contributed by atoms with Gasteiger partial charge in [0.1, 0.15) is 5.75 Å². The summed E-state index contributed by atoms with van der Waals surface area (Å²) in [6, 6.07) is 13.4. The standard InChI is InChI=1S/C17H19ClN2O3S/c18-15-6-7-17(21)14(12-15)13-19-8-10-20(11-9-19)24(22,23)16-4-2-1-3-5-16/h1-7,12,21H,8-11,13H2. The molecule has 1 aliphatic heterocycles. The maximum atomic E-state index is 12.6. The third-order valence-electron chi connectivity index (χ3n) is 4.15. The molecule has 2 aromatic carbocycles. The summed E-state index contributed by atoms with van der Waals surface area (Å²) in [4.78, 5) is 2.44. The van der Waals surface area contributed by atoms with E-state index >= 15 is 0 Å². The molecule has 0 atom stereocenters. The molecule has 0 radical (unpaired) electrons. The van der Waals surface area contributed by atoms with Crippen LogP contribution in [0.2, 0.25) is 5.02 Å². The number of nitrogens with zero attached hydrogens (tertiary/aromatic N) is 2. The molecule has 1 fully saturated rings. The van der Waals surface area contributed by atoms with Gasteiger partial charge in [0.15, 0.2) is 0 Å². The number of piperazine rings is 1. The van der Waals surface area contributed by atoms with Gasteiger partial charge in [-0.1, -0.05) is 29.8 Å². The van der Waals surface area contributed by atoms with Crippen molar-refractivity contribution >= 4 is 21.6 Å². The Morgan fingerprint density at radius 3 is 2.33 bits per heavy atom. The van der Waals surface area contributed by atoms with E-state index in [1.807, 2.05) is 0 Å². The van der Waals surface area contributed by atoms with Crippen LogP contribution in [0.1, 0.15) is 5.56 Å². The second kappa shape index (κ2) is 7.11. The molecule has 0 aromatic heterocycles. The fourth-order valence-electron chi connectivity index (χ4n) is 2.79. The minimum atomic E-state index is -3.44. The molecule has 0 spiro atoms. The summed E-state index contributed by atoms with van der Waals surface area (Å²) in [5, 5.41) is 10.5. The predicted molar refractivity (Wildman–Crippen MR) is 93.6 cm³/mol. The number of aromatic hydroxyl groups is 1. The molecule has 128 valence electrons. The van der Waals surface area contributed by atoms with Crippen LogP contribution in [0.3, 0.4) is 0 Å². The van der Waals surface area contributed by atoms with E-state index in [0.29, 0.717) is 42.6 Å². The van der Waals surface area contributed by atoms with Crippen LogP contribution < -0.4 is 0 Å². The van der Waals surface area contributed by atoms with E-state index in [9.17, 15) is 13.5 Å². The van der Waals surface area contributed by atoms with Gasteiger partial charge in [-0.3, -0.25) is 4.90 Å². The largest absolute Gasteiger partial charge is 0.508 e. The summed E-state index contributed by atoms with van der Waals surface area (Å²) in [6.07, 6.45) is 0. The van der Waals surface area contributed by atoms with Crippen LogP contribution in [0.5, 0.6) is 5.75 Å². The Balaban J connectivity index is 1.65. The van der Waals surface area contributed by atoms with E-state index in [-0.39, 0.29) is 5.75 Å². The second-order valence-electron chi connectivity index (χ2n) is 5.77. The van der Waals surface area contributed by atoms with E-state index in [1.165, 1.54) is 4.31 Å². The van der Waals surface area contributed by atoms with Gasteiger partial charge in [0.2, 0.25) is 10.0 Å². The predicted octanol–water partition coefficient (Wildman–Crippen LogP) is 2.55. The normalized spacial score (nSPS) is 17.0. The van der Waals surface area contributed by atoms with Crippen molar-refractivity contribution < 1.29 is 13.5 Å². The summed E-state index contributed by atoms with van der Waals surface area (Å²) in [5.74, 6) is 0.207. The molecule has 1 N–H and O–H groups in total. The summed E-state index contributed by atoms with van der Waals surface area (Å²) >= 11 is 5.97. The molecule has 1 aliphatic rings. The Hall–Kier alpha value is -1.60. The Kier molecular flexibility index (Phi) is 5.10. The van der Waals surface area contributed by atoms with Crippen LogP contribution in [-0.2, 0) is 16.6 Å². The zero-order valence-electron chi connectivity index (χ0n) is 13.1. The number of sulfonamides is 1. The van der Waals surface area contributed by atoms with Gasteiger partial charge in [0.25, 0.3) is 0 Å². The molecule has 2 aromatic rings. The molecule has 0 unspecified atom stereocenters. The molecule has 1 saturated heterocycles.